The zero-order chi connectivity index (χ0) is 23.9. The number of aryl methyl sites for hydroxylation is 1. The molecular weight excluding hydrogens is 435 g/mol. The van der Waals surface area contributed by atoms with Crippen LogP contribution in [0.1, 0.15) is 28.5 Å². The van der Waals surface area contributed by atoms with Crippen molar-refractivity contribution in [1.82, 2.24) is 15.1 Å². The van der Waals surface area contributed by atoms with Crippen molar-refractivity contribution in [2.45, 2.75) is 32.5 Å². The highest BCUT2D eigenvalue weighted by Gasteiger charge is 2.49. The van der Waals surface area contributed by atoms with Gasteiger partial charge in [0.2, 0.25) is 5.91 Å². The summed E-state index contributed by atoms with van der Waals surface area (Å²) in [6.45, 7) is 4.10. The van der Waals surface area contributed by atoms with Gasteiger partial charge in [-0.25, -0.2) is 4.39 Å². The maximum atomic E-state index is 13.7. The number of anilines is 1. The van der Waals surface area contributed by atoms with Crippen LogP contribution in [0, 0.1) is 12.7 Å². The Morgan fingerprint density at radius 3 is 2.65 bits per heavy atom. The second-order valence-corrected chi connectivity index (χ2v) is 8.61. The number of hydrogen-bond donors (Lipinski definition) is 1. The summed E-state index contributed by atoms with van der Waals surface area (Å²) in [4.78, 5) is 28.7. The Morgan fingerprint density at radius 1 is 1.15 bits per heavy atom. The number of amides is 2. The molecule has 4 aromatic rings. The third kappa shape index (κ3) is 3.77. The van der Waals surface area contributed by atoms with Gasteiger partial charge in [-0.1, -0.05) is 29.8 Å². The smallest absolute Gasteiger partial charge is 0.277 e. The molecule has 5 rings (SSSR count). The maximum Gasteiger partial charge on any atom is 0.277 e. The van der Waals surface area contributed by atoms with E-state index in [1.54, 1.807) is 25.1 Å². The predicted octanol–water partition coefficient (Wildman–Crippen LogP) is 4.33. The summed E-state index contributed by atoms with van der Waals surface area (Å²) in [5.41, 5.74) is 1.97. The average Bonchev–Trinajstić information content (AvgIpc) is 3.49. The van der Waals surface area contributed by atoms with Gasteiger partial charge in [-0.15, -0.1) is 0 Å². The first-order valence-corrected chi connectivity index (χ1v) is 10.9. The van der Waals surface area contributed by atoms with Gasteiger partial charge in [0.25, 0.3) is 5.91 Å². The third-order valence-electron chi connectivity index (χ3n) is 6.04. The van der Waals surface area contributed by atoms with E-state index >= 15 is 0 Å². The highest BCUT2D eigenvalue weighted by Crippen LogP contribution is 2.34. The van der Waals surface area contributed by atoms with Gasteiger partial charge in [0.1, 0.15) is 22.7 Å². The van der Waals surface area contributed by atoms with Crippen LogP contribution in [-0.4, -0.2) is 27.1 Å². The zero-order valence-electron chi connectivity index (χ0n) is 18.8. The van der Waals surface area contributed by atoms with Crippen molar-refractivity contribution in [3.63, 3.8) is 0 Å². The molecule has 1 N–H and O–H groups in total. The van der Waals surface area contributed by atoms with Crippen molar-refractivity contribution in [2.24, 2.45) is 0 Å². The van der Waals surface area contributed by atoms with Gasteiger partial charge in [0.05, 0.1) is 12.8 Å². The fraction of sp³-hybridized carbons (Fsp3) is 0.192. The Hall–Kier alpha value is -4.20. The quantitative estimate of drug-likeness (QED) is 0.483. The summed E-state index contributed by atoms with van der Waals surface area (Å²) in [7, 11) is 0. The van der Waals surface area contributed by atoms with E-state index in [2.05, 4.69) is 10.4 Å². The number of hydrogen-bond acceptors (Lipinski definition) is 4. The van der Waals surface area contributed by atoms with E-state index in [9.17, 15) is 14.0 Å². The summed E-state index contributed by atoms with van der Waals surface area (Å²) in [6.07, 6.45) is 1.53. The van der Waals surface area contributed by atoms with Crippen LogP contribution in [0.4, 0.5) is 10.1 Å². The van der Waals surface area contributed by atoms with E-state index in [0.717, 1.165) is 11.1 Å². The van der Waals surface area contributed by atoms with E-state index in [-0.39, 0.29) is 12.5 Å². The highest BCUT2D eigenvalue weighted by atomic mass is 19.1. The Kier molecular flexibility index (Phi) is 5.28. The van der Waals surface area contributed by atoms with E-state index in [1.165, 1.54) is 40.1 Å². The second kappa shape index (κ2) is 8.30. The van der Waals surface area contributed by atoms with Crippen LogP contribution in [0.5, 0.6) is 0 Å². The molecule has 0 bridgehead atoms. The van der Waals surface area contributed by atoms with E-state index in [4.69, 9.17) is 4.42 Å². The minimum Gasteiger partial charge on any atom is -0.463 e. The largest absolute Gasteiger partial charge is 0.463 e. The van der Waals surface area contributed by atoms with Crippen molar-refractivity contribution >= 4 is 17.5 Å². The molecule has 0 spiro atoms. The van der Waals surface area contributed by atoms with Gasteiger partial charge in [0, 0.05) is 18.3 Å². The lowest BCUT2D eigenvalue weighted by Gasteiger charge is -2.43. The number of furan rings is 1. The molecular formula is C26H23FN4O3. The van der Waals surface area contributed by atoms with Crippen molar-refractivity contribution in [3.05, 3.63) is 95.6 Å². The average molecular weight is 458 g/mol. The fourth-order valence-corrected chi connectivity index (χ4v) is 4.32. The zero-order valence-corrected chi connectivity index (χ0v) is 18.8. The summed E-state index contributed by atoms with van der Waals surface area (Å²) in [6, 6.07) is 18.5. The number of aromatic nitrogens is 2. The van der Waals surface area contributed by atoms with Crippen LogP contribution in [0.15, 0.2) is 77.4 Å². The molecule has 3 heterocycles. The van der Waals surface area contributed by atoms with Gasteiger partial charge in [-0.3, -0.25) is 19.2 Å². The van der Waals surface area contributed by atoms with E-state index in [1.807, 2.05) is 31.2 Å². The topological polar surface area (TPSA) is 80.4 Å². The lowest BCUT2D eigenvalue weighted by molar-refractivity contribution is -0.126. The molecule has 0 radical (unpaired) electrons. The molecule has 0 aliphatic carbocycles. The van der Waals surface area contributed by atoms with E-state index in [0.29, 0.717) is 29.4 Å². The monoisotopic (exact) mass is 458 g/mol. The van der Waals surface area contributed by atoms with Gasteiger partial charge in [-0.05, 0) is 55.8 Å². The molecule has 7 nitrogen and oxygen atoms in total. The summed E-state index contributed by atoms with van der Waals surface area (Å²) >= 11 is 0. The summed E-state index contributed by atoms with van der Waals surface area (Å²) < 4.78 is 20.6. The van der Waals surface area contributed by atoms with Gasteiger partial charge < -0.3 is 9.73 Å². The molecule has 34 heavy (non-hydrogen) atoms. The molecule has 0 saturated heterocycles. The number of carbonyl (C=O) groups excluding carboxylic acids is 2. The number of fused-ring (bicyclic) bond motifs is 1. The standard InChI is InChI=1S/C26H23FN4O3/c1-17-5-3-6-18(13-17)15-28-25(33)26(2)16-30-22(14-21(29-30)23-7-4-12-34-23)24(32)31(26)20-10-8-19(27)9-11-20/h3-14H,15-16H2,1-2H3,(H,28,33). The normalized spacial score (nSPS) is 17.5. The van der Waals surface area contributed by atoms with Crippen LogP contribution in [0.3, 0.4) is 0 Å². The lowest BCUT2D eigenvalue weighted by atomic mass is 9.93. The van der Waals surface area contributed by atoms with Gasteiger partial charge in [0.15, 0.2) is 5.76 Å². The van der Waals surface area contributed by atoms with Crippen molar-refractivity contribution < 1.29 is 18.4 Å². The third-order valence-corrected chi connectivity index (χ3v) is 6.04. The Bertz CT molecular complexity index is 1360. The molecule has 1 atom stereocenters. The first-order valence-electron chi connectivity index (χ1n) is 10.9. The molecule has 2 amide bonds. The van der Waals surface area contributed by atoms with Crippen LogP contribution >= 0.6 is 0 Å². The van der Waals surface area contributed by atoms with Crippen LogP contribution < -0.4 is 10.2 Å². The first-order chi connectivity index (χ1) is 16.3. The van der Waals surface area contributed by atoms with Crippen molar-refractivity contribution in [1.29, 1.82) is 0 Å². The SMILES string of the molecule is Cc1cccc(CNC(=O)C2(C)Cn3nc(-c4ccco4)cc3C(=O)N2c2ccc(F)cc2)c1. The molecule has 8 heteroatoms. The summed E-state index contributed by atoms with van der Waals surface area (Å²) in [5, 5.41) is 7.50. The molecule has 1 aliphatic rings. The molecule has 2 aromatic carbocycles. The minimum absolute atomic E-state index is 0.117. The maximum absolute atomic E-state index is 13.7. The Balaban J connectivity index is 1.53. The van der Waals surface area contributed by atoms with Crippen LogP contribution in [0.2, 0.25) is 0 Å². The number of nitrogens with zero attached hydrogens (tertiary/aromatic N) is 3. The molecule has 1 aliphatic heterocycles. The predicted molar refractivity (Wildman–Crippen MR) is 125 cm³/mol. The van der Waals surface area contributed by atoms with E-state index < -0.39 is 17.3 Å². The second-order valence-electron chi connectivity index (χ2n) is 8.61. The lowest BCUT2D eigenvalue weighted by Crippen LogP contribution is -2.64. The van der Waals surface area contributed by atoms with Gasteiger partial charge in [-0.2, -0.15) is 5.10 Å². The Labute approximate surface area is 195 Å². The molecule has 172 valence electrons. The van der Waals surface area contributed by atoms with Crippen molar-refractivity contribution in [3.8, 4) is 11.5 Å². The van der Waals surface area contributed by atoms with Crippen molar-refractivity contribution in [2.75, 3.05) is 4.90 Å². The number of nitrogens with one attached hydrogen (secondary N) is 1. The van der Waals surface area contributed by atoms with Crippen LogP contribution in [-0.2, 0) is 17.9 Å². The number of rotatable bonds is 5. The van der Waals surface area contributed by atoms with Crippen LogP contribution in [0.25, 0.3) is 11.5 Å². The van der Waals surface area contributed by atoms with Gasteiger partial charge >= 0.3 is 0 Å². The fourth-order valence-electron chi connectivity index (χ4n) is 4.32. The Morgan fingerprint density at radius 2 is 1.94 bits per heavy atom. The highest BCUT2D eigenvalue weighted by molar-refractivity contribution is 6.12. The molecule has 0 fully saturated rings. The minimum atomic E-state index is -1.31. The number of benzene rings is 2. The molecule has 1 unspecified atom stereocenters. The molecule has 2 aromatic heterocycles. The number of carbonyl (C=O) groups is 2. The molecule has 0 saturated carbocycles. The first kappa shape index (κ1) is 21.6. The number of halogens is 1. The summed E-state index contributed by atoms with van der Waals surface area (Å²) in [5.74, 6) is -0.652.